The topological polar surface area (TPSA) is 61.1 Å². The summed E-state index contributed by atoms with van der Waals surface area (Å²) in [5.41, 5.74) is 1.43. The highest BCUT2D eigenvalue weighted by molar-refractivity contribution is 5.87. The Labute approximate surface area is 133 Å². The molecular formula is C19H25NO2. The lowest BCUT2D eigenvalue weighted by Crippen LogP contribution is -2.25. The molecule has 1 aliphatic carbocycles. The van der Waals surface area contributed by atoms with Gasteiger partial charge in [-0.05, 0) is 55.7 Å². The zero-order valence-corrected chi connectivity index (χ0v) is 13.3. The van der Waals surface area contributed by atoms with E-state index in [9.17, 15) is 10.1 Å². The van der Waals surface area contributed by atoms with Crippen LogP contribution in [-0.4, -0.2) is 11.1 Å². The predicted octanol–water partition coefficient (Wildman–Crippen LogP) is 5.13. The second kappa shape index (κ2) is 7.45. The van der Waals surface area contributed by atoms with Crippen LogP contribution < -0.4 is 0 Å². The third-order valence-electron chi connectivity index (χ3n) is 5.07. The quantitative estimate of drug-likeness (QED) is 0.740. The van der Waals surface area contributed by atoms with E-state index >= 15 is 0 Å². The molecular weight excluding hydrogens is 274 g/mol. The van der Waals surface area contributed by atoms with Crippen LogP contribution in [0.5, 0.6) is 0 Å². The molecule has 22 heavy (non-hydrogen) atoms. The van der Waals surface area contributed by atoms with Crippen molar-refractivity contribution in [2.45, 2.75) is 64.2 Å². The van der Waals surface area contributed by atoms with E-state index in [0.717, 1.165) is 38.5 Å². The number of carbonyl (C=O) groups is 1. The molecule has 3 nitrogen and oxygen atoms in total. The molecule has 118 valence electrons. The van der Waals surface area contributed by atoms with Crippen molar-refractivity contribution < 1.29 is 9.90 Å². The summed E-state index contributed by atoms with van der Waals surface area (Å²) in [6.45, 7) is 2.19. The Morgan fingerprint density at radius 3 is 2.41 bits per heavy atom. The van der Waals surface area contributed by atoms with Crippen LogP contribution in [0.15, 0.2) is 24.3 Å². The number of rotatable bonds is 6. The summed E-state index contributed by atoms with van der Waals surface area (Å²) >= 11 is 0. The number of hydrogen-bond donors (Lipinski definition) is 1. The van der Waals surface area contributed by atoms with Gasteiger partial charge >= 0.3 is 5.97 Å². The molecule has 1 saturated carbocycles. The molecule has 0 amide bonds. The number of benzene rings is 1. The van der Waals surface area contributed by atoms with Gasteiger partial charge in [0.25, 0.3) is 0 Å². The summed E-state index contributed by atoms with van der Waals surface area (Å²) in [4.78, 5) is 10.9. The average molecular weight is 299 g/mol. The van der Waals surface area contributed by atoms with E-state index in [-0.39, 0.29) is 5.41 Å². The normalized spacial score (nSPS) is 24.6. The first-order chi connectivity index (χ1) is 10.6. The summed E-state index contributed by atoms with van der Waals surface area (Å²) in [5.74, 6) is -0.412. The van der Waals surface area contributed by atoms with E-state index in [1.165, 1.54) is 18.4 Å². The lowest BCUT2D eigenvalue weighted by molar-refractivity contribution is 0.0697. The predicted molar refractivity (Wildman–Crippen MR) is 86.8 cm³/mol. The van der Waals surface area contributed by atoms with Gasteiger partial charge in [0.2, 0.25) is 0 Å². The molecule has 0 aliphatic heterocycles. The molecule has 0 aromatic heterocycles. The monoisotopic (exact) mass is 299 g/mol. The number of aromatic carboxylic acids is 1. The van der Waals surface area contributed by atoms with E-state index < -0.39 is 5.97 Å². The van der Waals surface area contributed by atoms with Crippen molar-refractivity contribution in [2.75, 3.05) is 0 Å². The number of nitrogens with zero attached hydrogens (tertiary/aromatic N) is 1. The van der Waals surface area contributed by atoms with Crippen LogP contribution in [0.2, 0.25) is 0 Å². The zero-order chi connectivity index (χ0) is 16.0. The standard InChI is InChI=1S/C19H25NO2/c1-2-3-4-11-19(14-20)12-9-16(10-13-19)15-5-7-17(8-6-15)18(21)22/h5-8,16H,2-4,9-13H2,1H3,(H,21,22). The van der Waals surface area contributed by atoms with Crippen LogP contribution in [0.4, 0.5) is 0 Å². The lowest BCUT2D eigenvalue weighted by Gasteiger charge is -2.35. The highest BCUT2D eigenvalue weighted by Gasteiger charge is 2.35. The highest BCUT2D eigenvalue weighted by atomic mass is 16.4. The summed E-state index contributed by atoms with van der Waals surface area (Å²) < 4.78 is 0. The van der Waals surface area contributed by atoms with E-state index in [4.69, 9.17) is 5.11 Å². The van der Waals surface area contributed by atoms with Crippen molar-refractivity contribution in [2.24, 2.45) is 5.41 Å². The minimum Gasteiger partial charge on any atom is -0.478 e. The largest absolute Gasteiger partial charge is 0.478 e. The van der Waals surface area contributed by atoms with Crippen LogP contribution in [0.1, 0.15) is 80.1 Å². The summed E-state index contributed by atoms with van der Waals surface area (Å²) in [6, 6.07) is 9.84. The Morgan fingerprint density at radius 2 is 1.91 bits per heavy atom. The van der Waals surface area contributed by atoms with Crippen LogP contribution in [0, 0.1) is 16.7 Å². The molecule has 0 saturated heterocycles. The van der Waals surface area contributed by atoms with Gasteiger partial charge in [-0.15, -0.1) is 0 Å². The maximum Gasteiger partial charge on any atom is 0.335 e. The van der Waals surface area contributed by atoms with E-state index in [1.807, 2.05) is 12.1 Å². The third-order valence-corrected chi connectivity index (χ3v) is 5.07. The fourth-order valence-corrected chi connectivity index (χ4v) is 3.53. The van der Waals surface area contributed by atoms with Crippen LogP contribution >= 0.6 is 0 Å². The molecule has 0 unspecified atom stereocenters. The second-order valence-electron chi connectivity index (χ2n) is 6.55. The number of unbranched alkanes of at least 4 members (excludes halogenated alkanes) is 2. The number of carboxylic acids is 1. The minimum absolute atomic E-state index is 0.118. The van der Waals surface area contributed by atoms with Gasteiger partial charge in [-0.2, -0.15) is 5.26 Å². The first kappa shape index (κ1) is 16.5. The summed E-state index contributed by atoms with van der Waals surface area (Å²) in [7, 11) is 0. The molecule has 1 aromatic carbocycles. The zero-order valence-electron chi connectivity index (χ0n) is 13.3. The van der Waals surface area contributed by atoms with Crippen molar-refractivity contribution in [1.29, 1.82) is 5.26 Å². The maximum absolute atomic E-state index is 10.9. The highest BCUT2D eigenvalue weighted by Crippen LogP contribution is 2.45. The van der Waals surface area contributed by atoms with Gasteiger partial charge in [0.1, 0.15) is 0 Å². The number of carboxylic acid groups (broad SMARTS) is 1. The Hall–Kier alpha value is -1.82. The molecule has 1 fully saturated rings. The van der Waals surface area contributed by atoms with Crippen molar-refractivity contribution in [3.63, 3.8) is 0 Å². The second-order valence-corrected chi connectivity index (χ2v) is 6.55. The van der Waals surface area contributed by atoms with Crippen molar-refractivity contribution in [3.05, 3.63) is 35.4 Å². The molecule has 0 radical (unpaired) electrons. The fourth-order valence-electron chi connectivity index (χ4n) is 3.53. The molecule has 0 bridgehead atoms. The van der Waals surface area contributed by atoms with Gasteiger partial charge in [-0.1, -0.05) is 38.3 Å². The van der Waals surface area contributed by atoms with Crippen LogP contribution in [0.25, 0.3) is 0 Å². The Balaban J connectivity index is 1.96. The smallest absolute Gasteiger partial charge is 0.335 e. The molecule has 0 heterocycles. The Kier molecular flexibility index (Phi) is 5.60. The van der Waals surface area contributed by atoms with Gasteiger partial charge in [0.15, 0.2) is 0 Å². The summed E-state index contributed by atoms with van der Waals surface area (Å²) in [5, 5.41) is 18.5. The Bertz CT molecular complexity index is 534. The van der Waals surface area contributed by atoms with Crippen LogP contribution in [0.3, 0.4) is 0 Å². The average Bonchev–Trinajstić information content (AvgIpc) is 2.56. The fraction of sp³-hybridized carbons (Fsp3) is 0.579. The van der Waals surface area contributed by atoms with E-state index in [0.29, 0.717) is 11.5 Å². The molecule has 1 aromatic rings. The Morgan fingerprint density at radius 1 is 1.27 bits per heavy atom. The van der Waals surface area contributed by atoms with E-state index in [1.54, 1.807) is 12.1 Å². The molecule has 0 atom stereocenters. The van der Waals surface area contributed by atoms with Gasteiger partial charge in [-0.3, -0.25) is 0 Å². The molecule has 0 spiro atoms. The molecule has 3 heteroatoms. The van der Waals surface area contributed by atoms with Crippen molar-refractivity contribution in [1.82, 2.24) is 0 Å². The van der Waals surface area contributed by atoms with E-state index in [2.05, 4.69) is 13.0 Å². The maximum atomic E-state index is 10.9. The lowest BCUT2D eigenvalue weighted by atomic mass is 9.67. The van der Waals surface area contributed by atoms with Gasteiger partial charge in [0, 0.05) is 0 Å². The number of nitriles is 1. The van der Waals surface area contributed by atoms with Gasteiger partial charge in [0.05, 0.1) is 17.0 Å². The molecule has 1 aliphatic rings. The number of hydrogen-bond acceptors (Lipinski definition) is 2. The molecule has 1 N–H and O–H groups in total. The molecule has 2 rings (SSSR count). The van der Waals surface area contributed by atoms with Gasteiger partial charge in [-0.25, -0.2) is 4.79 Å². The van der Waals surface area contributed by atoms with Crippen molar-refractivity contribution >= 4 is 5.97 Å². The third kappa shape index (κ3) is 3.88. The minimum atomic E-state index is -0.880. The van der Waals surface area contributed by atoms with Crippen LogP contribution in [-0.2, 0) is 0 Å². The first-order valence-electron chi connectivity index (χ1n) is 8.35. The van der Waals surface area contributed by atoms with Gasteiger partial charge < -0.3 is 5.11 Å². The van der Waals surface area contributed by atoms with Crippen molar-refractivity contribution in [3.8, 4) is 6.07 Å². The SMILES string of the molecule is CCCCCC1(C#N)CCC(c2ccc(C(=O)O)cc2)CC1. The summed E-state index contributed by atoms with van der Waals surface area (Å²) in [6.07, 6.45) is 8.60. The first-order valence-corrected chi connectivity index (χ1v) is 8.35.